The van der Waals surface area contributed by atoms with Crippen LogP contribution in [-0.2, 0) is 0 Å². The highest BCUT2D eigenvalue weighted by Crippen LogP contribution is 2.42. The van der Waals surface area contributed by atoms with Crippen LogP contribution in [0.2, 0.25) is 0 Å². The molecular formula is C39H56N8O. The lowest BCUT2D eigenvalue weighted by Gasteiger charge is -2.53. The van der Waals surface area contributed by atoms with Gasteiger partial charge in [-0.1, -0.05) is 63.5 Å². The third-order valence-corrected chi connectivity index (χ3v) is 12.5. The number of nitrogens with zero attached hydrogens (tertiary/aromatic N) is 7. The average molecular weight is 653 g/mol. The molecule has 5 aliphatic rings. The summed E-state index contributed by atoms with van der Waals surface area (Å²) in [6, 6.07) is 12.3. The van der Waals surface area contributed by atoms with E-state index in [1.54, 1.807) is 11.1 Å². The molecule has 0 radical (unpaired) electrons. The van der Waals surface area contributed by atoms with E-state index in [1.807, 2.05) is 14.1 Å². The molecule has 3 saturated heterocycles. The first-order valence-electron chi connectivity index (χ1n) is 19.1. The lowest BCUT2D eigenvalue weighted by Crippen LogP contribution is -2.63. The van der Waals surface area contributed by atoms with Crippen LogP contribution in [0.4, 0.5) is 22.1 Å². The van der Waals surface area contributed by atoms with E-state index in [4.69, 9.17) is 4.98 Å². The number of fused-ring (bicyclic) bond motifs is 1. The van der Waals surface area contributed by atoms with E-state index in [0.29, 0.717) is 29.3 Å². The number of amides is 2. The predicted octanol–water partition coefficient (Wildman–Crippen LogP) is 7.53. The van der Waals surface area contributed by atoms with Crippen molar-refractivity contribution in [2.24, 2.45) is 11.8 Å². The highest BCUT2D eigenvalue weighted by atomic mass is 16.2. The number of hydrogen-bond acceptors (Lipinski definition) is 7. The molecule has 3 aliphatic heterocycles. The molecule has 1 aromatic carbocycles. The summed E-state index contributed by atoms with van der Waals surface area (Å²) in [4.78, 5) is 32.3. The molecule has 1 N–H and O–H groups in total. The Morgan fingerprint density at radius 3 is 2.25 bits per heavy atom. The number of hydrogen-bond donors (Lipinski definition) is 1. The minimum atomic E-state index is 0.113. The fourth-order valence-electron chi connectivity index (χ4n) is 9.87. The van der Waals surface area contributed by atoms with Crippen molar-refractivity contribution in [2.75, 3.05) is 50.5 Å². The molecule has 0 spiro atoms. The zero-order valence-corrected chi connectivity index (χ0v) is 29.3. The molecule has 2 saturated carbocycles. The van der Waals surface area contributed by atoms with E-state index in [0.717, 1.165) is 49.9 Å². The summed E-state index contributed by atoms with van der Waals surface area (Å²) in [5, 5.41) is 13.5. The molecule has 48 heavy (non-hydrogen) atoms. The van der Waals surface area contributed by atoms with Gasteiger partial charge in [0.05, 0.1) is 18.3 Å². The quantitative estimate of drug-likeness (QED) is 0.323. The Kier molecular flexibility index (Phi) is 10.4. The maximum Gasteiger partial charge on any atom is 0.319 e. The van der Waals surface area contributed by atoms with E-state index in [1.165, 1.54) is 95.7 Å². The van der Waals surface area contributed by atoms with Crippen LogP contribution < -0.4 is 10.2 Å². The monoisotopic (exact) mass is 652 g/mol. The molecule has 2 amide bonds. The molecule has 3 atom stereocenters. The molecule has 258 valence electrons. The fraction of sp³-hybridized carbons (Fsp3) is 0.692. The number of carbonyl (C=O) groups is 1. The molecule has 4 heterocycles. The highest BCUT2D eigenvalue weighted by Gasteiger charge is 2.45. The van der Waals surface area contributed by atoms with Crippen LogP contribution in [0, 0.1) is 23.2 Å². The summed E-state index contributed by atoms with van der Waals surface area (Å²) in [6.45, 7) is 4.17. The number of rotatable bonds is 6. The Morgan fingerprint density at radius 1 is 0.854 bits per heavy atom. The second-order valence-corrected chi connectivity index (χ2v) is 15.6. The zero-order valence-electron chi connectivity index (χ0n) is 29.3. The minimum Gasteiger partial charge on any atom is -0.350 e. The van der Waals surface area contributed by atoms with E-state index >= 15 is 0 Å². The first-order chi connectivity index (χ1) is 23.5. The number of nitriles is 1. The number of anilines is 3. The average Bonchev–Trinajstić information content (AvgIpc) is 3.53. The van der Waals surface area contributed by atoms with Gasteiger partial charge in [0.25, 0.3) is 0 Å². The molecule has 1 aromatic heterocycles. The van der Waals surface area contributed by atoms with E-state index < -0.39 is 0 Å². The van der Waals surface area contributed by atoms with E-state index in [-0.39, 0.29) is 18.1 Å². The van der Waals surface area contributed by atoms with Gasteiger partial charge in [-0.3, -0.25) is 0 Å². The lowest BCUT2D eigenvalue weighted by molar-refractivity contribution is 0.0742. The van der Waals surface area contributed by atoms with Gasteiger partial charge >= 0.3 is 6.03 Å². The molecule has 9 nitrogen and oxygen atoms in total. The van der Waals surface area contributed by atoms with Crippen LogP contribution >= 0.6 is 0 Å². The Hall–Kier alpha value is -3.38. The van der Waals surface area contributed by atoms with Crippen molar-refractivity contribution in [3.63, 3.8) is 0 Å². The van der Waals surface area contributed by atoms with Crippen LogP contribution in [0.15, 0.2) is 30.5 Å². The third kappa shape index (κ3) is 7.15. The second kappa shape index (κ2) is 15.0. The lowest BCUT2D eigenvalue weighted by atomic mass is 9.75. The van der Waals surface area contributed by atoms with Crippen LogP contribution in [0.3, 0.4) is 0 Å². The van der Waals surface area contributed by atoms with Crippen LogP contribution in [0.5, 0.6) is 0 Å². The van der Waals surface area contributed by atoms with Crippen molar-refractivity contribution in [2.45, 2.75) is 120 Å². The number of piperidine rings is 3. The molecular weight excluding hydrogens is 596 g/mol. The molecule has 9 heteroatoms. The van der Waals surface area contributed by atoms with Crippen molar-refractivity contribution in [1.29, 1.82) is 5.26 Å². The topological polar surface area (TPSA) is 91.6 Å². The number of aromatic nitrogens is 2. The normalized spacial score (nSPS) is 26.5. The third-order valence-electron chi connectivity index (χ3n) is 12.5. The van der Waals surface area contributed by atoms with Crippen LogP contribution in [-0.4, -0.2) is 89.1 Å². The molecule has 2 aliphatic carbocycles. The Balaban J connectivity index is 1.10. The van der Waals surface area contributed by atoms with E-state index in [2.05, 4.69) is 55.3 Å². The number of nitrogens with one attached hydrogen (secondary N) is 1. The second-order valence-electron chi connectivity index (χ2n) is 15.6. The number of carbonyl (C=O) groups excluding carboxylic acids is 1. The summed E-state index contributed by atoms with van der Waals surface area (Å²) in [6.07, 6.45) is 20.7. The maximum absolute atomic E-state index is 13.4. The number of benzene rings is 1. The van der Waals surface area contributed by atoms with Gasteiger partial charge in [0.15, 0.2) is 11.5 Å². The van der Waals surface area contributed by atoms with Crippen molar-refractivity contribution in [3.05, 3.63) is 41.7 Å². The van der Waals surface area contributed by atoms with Crippen LogP contribution in [0.25, 0.3) is 0 Å². The minimum absolute atomic E-state index is 0.113. The van der Waals surface area contributed by atoms with Crippen molar-refractivity contribution >= 4 is 23.4 Å². The van der Waals surface area contributed by atoms with Gasteiger partial charge in [0, 0.05) is 38.9 Å². The summed E-state index contributed by atoms with van der Waals surface area (Å²) in [5.74, 6) is 3.11. The van der Waals surface area contributed by atoms with Gasteiger partial charge in [-0.05, 0) is 93.5 Å². The van der Waals surface area contributed by atoms with Crippen LogP contribution in [0.1, 0.15) is 113 Å². The highest BCUT2D eigenvalue weighted by molar-refractivity contribution is 5.74. The Labute approximate surface area is 288 Å². The smallest absolute Gasteiger partial charge is 0.319 e. The predicted molar refractivity (Wildman–Crippen MR) is 192 cm³/mol. The van der Waals surface area contributed by atoms with Crippen molar-refractivity contribution in [3.8, 4) is 6.07 Å². The summed E-state index contributed by atoms with van der Waals surface area (Å²) < 4.78 is 0. The molecule has 1 unspecified atom stereocenters. The fourth-order valence-corrected chi connectivity index (χ4v) is 9.87. The van der Waals surface area contributed by atoms with Gasteiger partial charge in [-0.15, -0.1) is 0 Å². The number of urea groups is 1. The number of likely N-dealkylation sites (tertiary alicyclic amines) is 2. The largest absolute Gasteiger partial charge is 0.350 e. The first kappa shape index (κ1) is 33.1. The van der Waals surface area contributed by atoms with Crippen molar-refractivity contribution in [1.82, 2.24) is 24.7 Å². The summed E-state index contributed by atoms with van der Waals surface area (Å²) >= 11 is 0. The standard InChI is InChI=1S/C39H56N8O/c1-44(2)39(48)46-21-9-14-35-36(46)24-31(28-10-5-3-4-6-11-28)27-47(35)37-26-41-34(25-40)38(43-37)42-32-17-15-29(16-18-32)30-19-22-45(23-20-30)33-12-7-8-13-33/h15-18,26,28,30-31,33,35-36H,3-14,19-24,27H2,1-2H3,(H,42,43)/t31?,35-,36-/m1/s1. The van der Waals surface area contributed by atoms with Gasteiger partial charge < -0.3 is 24.9 Å². The van der Waals surface area contributed by atoms with E-state index in [9.17, 15) is 10.1 Å². The molecule has 7 rings (SSSR count). The maximum atomic E-state index is 13.4. The van der Waals surface area contributed by atoms with Gasteiger partial charge in [0.1, 0.15) is 11.9 Å². The van der Waals surface area contributed by atoms with Crippen molar-refractivity contribution < 1.29 is 4.79 Å². The van der Waals surface area contributed by atoms with Gasteiger partial charge in [0.2, 0.25) is 0 Å². The molecule has 5 fully saturated rings. The van der Waals surface area contributed by atoms with Gasteiger partial charge in [-0.25, -0.2) is 14.8 Å². The molecule has 0 bridgehead atoms. The summed E-state index contributed by atoms with van der Waals surface area (Å²) in [7, 11) is 3.73. The molecule has 2 aromatic rings. The SMILES string of the molecule is CN(C)C(=O)N1CCC[C@@H]2[C@H]1CC(C1CCCCCC1)CN2c1cnc(C#N)c(Nc2ccc(C3CCN(C4CCCC4)CC3)cc2)n1. The van der Waals surface area contributed by atoms with Gasteiger partial charge in [-0.2, -0.15) is 5.26 Å². The zero-order chi connectivity index (χ0) is 33.0. The Bertz CT molecular complexity index is 1420. The first-order valence-corrected chi connectivity index (χ1v) is 19.1. The Morgan fingerprint density at radius 2 is 1.56 bits per heavy atom. The summed E-state index contributed by atoms with van der Waals surface area (Å²) in [5.41, 5.74) is 2.65.